The minimum absolute atomic E-state index is 0.0815. The van der Waals surface area contributed by atoms with Crippen LogP contribution < -0.4 is 0 Å². The Morgan fingerprint density at radius 2 is 0.984 bits per heavy atom. The number of hydrogen-bond acceptors (Lipinski definition) is 3. The summed E-state index contributed by atoms with van der Waals surface area (Å²) in [5, 5.41) is 4.62. The zero-order valence-corrected chi connectivity index (χ0v) is 34.4. The Bertz CT molecular complexity index is 3560. The van der Waals surface area contributed by atoms with Crippen molar-refractivity contribution in [2.45, 2.75) is 19.3 Å². The second kappa shape index (κ2) is 14.1. The molecule has 0 N–H and O–H groups in total. The number of aromatic nitrogens is 2. The van der Waals surface area contributed by atoms with E-state index in [4.69, 9.17) is 14.4 Å². The Morgan fingerprint density at radius 1 is 0.371 bits per heavy atom. The molecule has 0 saturated heterocycles. The van der Waals surface area contributed by atoms with Crippen molar-refractivity contribution in [3.8, 4) is 78.4 Å². The van der Waals surface area contributed by atoms with Gasteiger partial charge in [0.05, 0.1) is 11.4 Å². The maximum Gasteiger partial charge on any atom is 0.160 e. The molecule has 62 heavy (non-hydrogen) atoms. The van der Waals surface area contributed by atoms with Crippen molar-refractivity contribution in [3.63, 3.8) is 0 Å². The molecule has 11 aromatic rings. The standard InChI is InChI=1S/C59H40N2O/c1-59(2)51-26-10-8-22-50(51)56-46(23-14-27-52(56)59)41-19-12-20-42(32-41)53-36-54(61-58(60-53)38-16-4-3-5-17-38)45-34-43(40-30-29-37-15-6-7-18-39(37)31-40)33-44(35-45)47-24-13-25-49-48-21-9-11-28-55(48)62-57(47)49/h3-36H,1-2H3. The van der Waals surface area contributed by atoms with E-state index in [0.717, 1.165) is 77.8 Å². The first-order chi connectivity index (χ1) is 30.5. The summed E-state index contributed by atoms with van der Waals surface area (Å²) in [6.45, 7) is 4.67. The highest BCUT2D eigenvalue weighted by molar-refractivity contribution is 6.10. The molecule has 9 aromatic carbocycles. The fourth-order valence-corrected chi connectivity index (χ4v) is 9.74. The van der Waals surface area contributed by atoms with Gasteiger partial charge < -0.3 is 4.42 Å². The molecular formula is C59H40N2O. The molecule has 3 nitrogen and oxygen atoms in total. The topological polar surface area (TPSA) is 38.9 Å². The van der Waals surface area contributed by atoms with Crippen LogP contribution in [0.3, 0.4) is 0 Å². The molecule has 0 unspecified atom stereocenters. The number of furan rings is 1. The molecule has 0 saturated carbocycles. The minimum Gasteiger partial charge on any atom is -0.455 e. The third-order valence-corrected chi connectivity index (χ3v) is 12.9. The number of benzene rings is 9. The van der Waals surface area contributed by atoms with Gasteiger partial charge in [-0.05, 0) is 103 Å². The lowest BCUT2D eigenvalue weighted by molar-refractivity contribution is 0.660. The second-order valence-corrected chi connectivity index (χ2v) is 16.9. The van der Waals surface area contributed by atoms with Gasteiger partial charge >= 0.3 is 0 Å². The fourth-order valence-electron chi connectivity index (χ4n) is 9.74. The Kier molecular flexibility index (Phi) is 8.20. The third-order valence-electron chi connectivity index (χ3n) is 12.9. The maximum atomic E-state index is 6.62. The SMILES string of the molecule is CC1(C)c2ccccc2-c2c(-c3cccc(-c4cc(-c5cc(-c6ccc7ccccc7c6)cc(-c6cccc7c6oc6ccccc67)c5)nc(-c5ccccc5)n4)c3)cccc21. The van der Waals surface area contributed by atoms with Gasteiger partial charge in [-0.1, -0.05) is 178 Å². The van der Waals surface area contributed by atoms with Crippen LogP contribution in [0.2, 0.25) is 0 Å². The van der Waals surface area contributed by atoms with Gasteiger partial charge in [0.15, 0.2) is 5.82 Å². The molecule has 2 heterocycles. The van der Waals surface area contributed by atoms with Crippen LogP contribution in [0.15, 0.2) is 211 Å². The predicted octanol–water partition coefficient (Wildman–Crippen LogP) is 15.8. The Balaban J connectivity index is 1.06. The molecule has 2 aromatic heterocycles. The van der Waals surface area contributed by atoms with Crippen molar-refractivity contribution in [2.24, 2.45) is 0 Å². The van der Waals surface area contributed by atoms with Gasteiger partial charge in [0.25, 0.3) is 0 Å². The zero-order chi connectivity index (χ0) is 41.4. The van der Waals surface area contributed by atoms with Crippen molar-refractivity contribution in [3.05, 3.63) is 217 Å². The summed E-state index contributed by atoms with van der Waals surface area (Å²) < 4.78 is 6.62. The van der Waals surface area contributed by atoms with Crippen molar-refractivity contribution in [2.75, 3.05) is 0 Å². The van der Waals surface area contributed by atoms with Crippen LogP contribution in [0.5, 0.6) is 0 Å². The highest BCUT2D eigenvalue weighted by atomic mass is 16.3. The van der Waals surface area contributed by atoms with E-state index in [2.05, 4.69) is 190 Å². The van der Waals surface area contributed by atoms with Crippen molar-refractivity contribution < 1.29 is 4.42 Å². The molecule has 0 aliphatic heterocycles. The molecule has 3 heteroatoms. The fraction of sp³-hybridized carbons (Fsp3) is 0.0508. The van der Waals surface area contributed by atoms with Crippen LogP contribution in [-0.4, -0.2) is 9.97 Å². The summed E-state index contributed by atoms with van der Waals surface area (Å²) in [5.41, 5.74) is 18.4. The molecule has 0 atom stereocenters. The van der Waals surface area contributed by atoms with Crippen LogP contribution in [-0.2, 0) is 5.41 Å². The van der Waals surface area contributed by atoms with E-state index in [-0.39, 0.29) is 5.41 Å². The summed E-state index contributed by atoms with van der Waals surface area (Å²) in [6.07, 6.45) is 0. The van der Waals surface area contributed by atoms with Gasteiger partial charge in [-0.25, -0.2) is 9.97 Å². The first-order valence-corrected chi connectivity index (χ1v) is 21.3. The number of hydrogen-bond donors (Lipinski definition) is 0. The Morgan fingerprint density at radius 3 is 1.89 bits per heavy atom. The average Bonchev–Trinajstić information content (AvgIpc) is 3.83. The molecular weight excluding hydrogens is 753 g/mol. The van der Waals surface area contributed by atoms with E-state index in [9.17, 15) is 0 Å². The quantitative estimate of drug-likeness (QED) is 0.168. The summed E-state index contributed by atoms with van der Waals surface area (Å²) in [7, 11) is 0. The summed E-state index contributed by atoms with van der Waals surface area (Å²) in [4.78, 5) is 10.7. The largest absolute Gasteiger partial charge is 0.455 e. The predicted molar refractivity (Wildman–Crippen MR) is 257 cm³/mol. The van der Waals surface area contributed by atoms with E-state index < -0.39 is 0 Å². The van der Waals surface area contributed by atoms with Gasteiger partial charge in [0.1, 0.15) is 11.2 Å². The zero-order valence-electron chi connectivity index (χ0n) is 34.4. The van der Waals surface area contributed by atoms with E-state index in [1.165, 1.54) is 38.6 Å². The van der Waals surface area contributed by atoms with Gasteiger partial charge in [0, 0.05) is 38.4 Å². The maximum absolute atomic E-state index is 6.62. The lowest BCUT2D eigenvalue weighted by Crippen LogP contribution is -2.14. The van der Waals surface area contributed by atoms with Crippen LogP contribution >= 0.6 is 0 Å². The smallest absolute Gasteiger partial charge is 0.160 e. The first-order valence-electron chi connectivity index (χ1n) is 21.3. The molecule has 1 aliphatic rings. The monoisotopic (exact) mass is 792 g/mol. The molecule has 0 amide bonds. The van der Waals surface area contributed by atoms with Crippen molar-refractivity contribution >= 4 is 32.7 Å². The molecule has 0 spiro atoms. The van der Waals surface area contributed by atoms with Crippen LogP contribution in [0, 0.1) is 0 Å². The van der Waals surface area contributed by atoms with E-state index in [1.54, 1.807) is 0 Å². The van der Waals surface area contributed by atoms with Crippen molar-refractivity contribution in [1.29, 1.82) is 0 Å². The summed E-state index contributed by atoms with van der Waals surface area (Å²) in [5.74, 6) is 0.678. The third kappa shape index (κ3) is 5.89. The lowest BCUT2D eigenvalue weighted by Gasteiger charge is -2.21. The number of para-hydroxylation sites is 2. The molecule has 0 bridgehead atoms. The molecule has 292 valence electrons. The van der Waals surface area contributed by atoms with E-state index in [0.29, 0.717) is 5.82 Å². The van der Waals surface area contributed by atoms with Gasteiger partial charge in [0.2, 0.25) is 0 Å². The second-order valence-electron chi connectivity index (χ2n) is 16.9. The molecule has 0 fully saturated rings. The van der Waals surface area contributed by atoms with E-state index in [1.807, 2.05) is 30.3 Å². The van der Waals surface area contributed by atoms with Gasteiger partial charge in [-0.2, -0.15) is 0 Å². The number of fused-ring (bicyclic) bond motifs is 7. The molecule has 0 radical (unpaired) electrons. The molecule has 1 aliphatic carbocycles. The number of nitrogens with zero attached hydrogens (tertiary/aromatic N) is 2. The highest BCUT2D eigenvalue weighted by Crippen LogP contribution is 2.52. The van der Waals surface area contributed by atoms with Crippen LogP contribution in [0.4, 0.5) is 0 Å². The average molecular weight is 793 g/mol. The highest BCUT2D eigenvalue weighted by Gasteiger charge is 2.36. The van der Waals surface area contributed by atoms with Crippen molar-refractivity contribution in [1.82, 2.24) is 9.97 Å². The Hall–Kier alpha value is -7.88. The van der Waals surface area contributed by atoms with Crippen LogP contribution in [0.25, 0.3) is 111 Å². The lowest BCUT2D eigenvalue weighted by atomic mass is 9.82. The summed E-state index contributed by atoms with van der Waals surface area (Å²) >= 11 is 0. The molecule has 12 rings (SSSR count). The van der Waals surface area contributed by atoms with Gasteiger partial charge in [-0.3, -0.25) is 0 Å². The van der Waals surface area contributed by atoms with Crippen LogP contribution in [0.1, 0.15) is 25.0 Å². The summed E-state index contributed by atoms with van der Waals surface area (Å²) in [6, 6.07) is 73.7. The first kappa shape index (κ1) is 36.0. The minimum atomic E-state index is -0.0815. The van der Waals surface area contributed by atoms with E-state index >= 15 is 0 Å². The van der Waals surface area contributed by atoms with Gasteiger partial charge in [-0.15, -0.1) is 0 Å². The normalized spacial score (nSPS) is 12.8. The number of rotatable bonds is 6. The Labute approximate surface area is 360 Å².